The van der Waals surface area contributed by atoms with Crippen molar-refractivity contribution in [2.75, 3.05) is 12.4 Å². The normalized spacial score (nSPS) is 9.79. The van der Waals surface area contributed by atoms with Crippen LogP contribution in [0.2, 0.25) is 5.15 Å². The van der Waals surface area contributed by atoms with Crippen LogP contribution in [0.3, 0.4) is 0 Å². The molecule has 1 N–H and O–H groups in total. The molecule has 3 nitrogen and oxygen atoms in total. The first-order valence-electron chi connectivity index (χ1n) is 4.07. The monoisotopic (exact) mass is 228 g/mol. The molecule has 0 fully saturated rings. The molecule has 1 rings (SSSR count). The van der Waals surface area contributed by atoms with Crippen LogP contribution in [0.5, 0.6) is 0 Å². The maximum Gasteiger partial charge on any atom is 0.131 e. The first-order chi connectivity index (χ1) is 6.76. The van der Waals surface area contributed by atoms with Gasteiger partial charge in [-0.3, -0.25) is 0 Å². The molecule has 0 bridgehead atoms. The van der Waals surface area contributed by atoms with Gasteiger partial charge in [-0.05, 0) is 18.6 Å². The summed E-state index contributed by atoms with van der Waals surface area (Å²) in [5.74, 6) is 0.773. The predicted molar refractivity (Wildman–Crippen MR) is 56.4 cm³/mol. The Morgan fingerprint density at radius 2 is 2.36 bits per heavy atom. The molecule has 1 aromatic heterocycles. The zero-order valence-electron chi connectivity index (χ0n) is 7.40. The van der Waals surface area contributed by atoms with Crippen LogP contribution in [0.4, 0.5) is 0 Å². The summed E-state index contributed by atoms with van der Waals surface area (Å²) in [6.07, 6.45) is 0.709. The molecule has 0 radical (unpaired) electrons. The minimum atomic E-state index is 0.165. The van der Waals surface area contributed by atoms with Crippen molar-refractivity contribution >= 4 is 23.4 Å². The van der Waals surface area contributed by atoms with Gasteiger partial charge in [0, 0.05) is 12.4 Å². The molecular formula is C9H9ClN2OS. The number of rotatable bonds is 4. The molecule has 0 spiro atoms. The van der Waals surface area contributed by atoms with Gasteiger partial charge in [-0.25, -0.2) is 4.98 Å². The SMILES string of the molecule is N#Cc1cc(Cl)nc(SCCCO)c1. The summed E-state index contributed by atoms with van der Waals surface area (Å²) in [5.41, 5.74) is 0.511. The van der Waals surface area contributed by atoms with Crippen LogP contribution >= 0.6 is 23.4 Å². The highest BCUT2D eigenvalue weighted by atomic mass is 35.5. The lowest BCUT2D eigenvalue weighted by atomic mass is 10.3. The minimum absolute atomic E-state index is 0.165. The van der Waals surface area contributed by atoms with Crippen LogP contribution in [-0.2, 0) is 0 Å². The highest BCUT2D eigenvalue weighted by Crippen LogP contribution is 2.20. The molecule has 14 heavy (non-hydrogen) atoms. The molecule has 74 valence electrons. The summed E-state index contributed by atoms with van der Waals surface area (Å²) in [5, 5.41) is 18.3. The van der Waals surface area contributed by atoms with Gasteiger partial charge >= 0.3 is 0 Å². The van der Waals surface area contributed by atoms with Gasteiger partial charge in [0.2, 0.25) is 0 Å². The van der Waals surface area contributed by atoms with Crippen molar-refractivity contribution < 1.29 is 5.11 Å². The van der Waals surface area contributed by atoms with Crippen molar-refractivity contribution in [3.05, 3.63) is 22.8 Å². The lowest BCUT2D eigenvalue weighted by Gasteiger charge is -2.00. The molecular weight excluding hydrogens is 220 g/mol. The Kier molecular flexibility index (Phi) is 4.74. The molecule has 0 aromatic carbocycles. The van der Waals surface area contributed by atoms with E-state index >= 15 is 0 Å². The summed E-state index contributed by atoms with van der Waals surface area (Å²) in [6.45, 7) is 0.165. The molecule has 0 aliphatic carbocycles. The second-order valence-corrected chi connectivity index (χ2v) is 4.06. The Morgan fingerprint density at radius 1 is 1.57 bits per heavy atom. The number of nitriles is 1. The van der Waals surface area contributed by atoms with Gasteiger partial charge in [0.05, 0.1) is 16.7 Å². The largest absolute Gasteiger partial charge is 0.396 e. The number of thioether (sulfide) groups is 1. The minimum Gasteiger partial charge on any atom is -0.396 e. The van der Waals surface area contributed by atoms with E-state index in [-0.39, 0.29) is 6.61 Å². The number of aliphatic hydroxyl groups excluding tert-OH is 1. The van der Waals surface area contributed by atoms with Crippen LogP contribution in [0.25, 0.3) is 0 Å². The fourth-order valence-electron chi connectivity index (χ4n) is 0.853. The number of aliphatic hydroxyl groups is 1. The van der Waals surface area contributed by atoms with Crippen molar-refractivity contribution in [2.45, 2.75) is 11.4 Å². The van der Waals surface area contributed by atoms with Gasteiger partial charge in [0.15, 0.2) is 0 Å². The average molecular weight is 229 g/mol. The standard InChI is InChI=1S/C9H9ClN2OS/c10-8-4-7(6-11)5-9(12-8)14-3-1-2-13/h4-5,13H,1-3H2. The number of aromatic nitrogens is 1. The quantitative estimate of drug-likeness (QED) is 0.487. The Labute approximate surface area is 91.7 Å². The van der Waals surface area contributed by atoms with Crippen LogP contribution in [0.1, 0.15) is 12.0 Å². The third kappa shape index (κ3) is 3.54. The molecule has 1 aromatic rings. The number of hydrogen-bond acceptors (Lipinski definition) is 4. The number of hydrogen-bond donors (Lipinski definition) is 1. The van der Waals surface area contributed by atoms with E-state index in [9.17, 15) is 0 Å². The maximum atomic E-state index is 8.67. The van der Waals surface area contributed by atoms with Crippen molar-refractivity contribution in [1.29, 1.82) is 5.26 Å². The Bertz CT molecular complexity index is 351. The van der Waals surface area contributed by atoms with Gasteiger partial charge in [-0.1, -0.05) is 11.6 Å². The molecule has 0 saturated carbocycles. The van der Waals surface area contributed by atoms with E-state index < -0.39 is 0 Å². The summed E-state index contributed by atoms with van der Waals surface area (Å²) >= 11 is 7.20. The molecule has 0 amide bonds. The number of halogens is 1. The predicted octanol–water partition coefficient (Wildman–Crippen LogP) is 2.08. The molecule has 0 aliphatic heterocycles. The maximum absolute atomic E-state index is 8.67. The second kappa shape index (κ2) is 5.86. The third-order valence-corrected chi connectivity index (χ3v) is 2.64. The number of nitrogens with zero attached hydrogens (tertiary/aromatic N) is 2. The van der Waals surface area contributed by atoms with Crippen LogP contribution in [0.15, 0.2) is 17.2 Å². The smallest absolute Gasteiger partial charge is 0.131 e. The zero-order valence-corrected chi connectivity index (χ0v) is 8.98. The van der Waals surface area contributed by atoms with Gasteiger partial charge in [0.1, 0.15) is 5.15 Å². The van der Waals surface area contributed by atoms with Crippen molar-refractivity contribution in [2.24, 2.45) is 0 Å². The van der Waals surface area contributed by atoms with E-state index in [0.29, 0.717) is 17.1 Å². The second-order valence-electron chi connectivity index (χ2n) is 2.55. The topological polar surface area (TPSA) is 56.9 Å². The Morgan fingerprint density at radius 3 is 3.00 bits per heavy atom. The molecule has 0 saturated heterocycles. The highest BCUT2D eigenvalue weighted by molar-refractivity contribution is 7.99. The lowest BCUT2D eigenvalue weighted by molar-refractivity contribution is 0.296. The lowest BCUT2D eigenvalue weighted by Crippen LogP contribution is -1.89. The first kappa shape index (κ1) is 11.3. The van der Waals surface area contributed by atoms with Crippen LogP contribution < -0.4 is 0 Å². The van der Waals surface area contributed by atoms with E-state index in [1.165, 1.54) is 17.8 Å². The van der Waals surface area contributed by atoms with E-state index in [1.54, 1.807) is 6.07 Å². The zero-order chi connectivity index (χ0) is 10.4. The van der Waals surface area contributed by atoms with Crippen molar-refractivity contribution in [1.82, 2.24) is 4.98 Å². The van der Waals surface area contributed by atoms with E-state index in [4.69, 9.17) is 22.0 Å². The summed E-state index contributed by atoms with van der Waals surface area (Å²) in [4.78, 5) is 4.05. The van der Waals surface area contributed by atoms with Gasteiger partial charge in [0.25, 0.3) is 0 Å². The van der Waals surface area contributed by atoms with Crippen molar-refractivity contribution in [3.63, 3.8) is 0 Å². The summed E-state index contributed by atoms with van der Waals surface area (Å²) < 4.78 is 0. The highest BCUT2D eigenvalue weighted by Gasteiger charge is 2.01. The molecule has 0 aliphatic rings. The first-order valence-corrected chi connectivity index (χ1v) is 5.44. The summed E-state index contributed by atoms with van der Waals surface area (Å²) in [7, 11) is 0. The van der Waals surface area contributed by atoms with Gasteiger partial charge in [-0.2, -0.15) is 5.26 Å². The fraction of sp³-hybridized carbons (Fsp3) is 0.333. The molecule has 0 atom stereocenters. The Hall–Kier alpha value is -0.760. The van der Waals surface area contributed by atoms with Crippen LogP contribution in [0, 0.1) is 11.3 Å². The summed E-state index contributed by atoms with van der Waals surface area (Å²) in [6, 6.07) is 5.23. The van der Waals surface area contributed by atoms with Crippen molar-refractivity contribution in [3.8, 4) is 6.07 Å². The van der Waals surface area contributed by atoms with E-state index in [1.807, 2.05) is 6.07 Å². The molecule has 0 unspecified atom stereocenters. The van der Waals surface area contributed by atoms with Gasteiger partial charge in [-0.15, -0.1) is 11.8 Å². The fourth-order valence-corrected chi connectivity index (χ4v) is 1.97. The van der Waals surface area contributed by atoms with E-state index in [2.05, 4.69) is 4.98 Å². The third-order valence-electron chi connectivity index (χ3n) is 1.45. The Balaban J connectivity index is 2.68. The van der Waals surface area contributed by atoms with E-state index in [0.717, 1.165) is 10.8 Å². The molecule has 5 heteroatoms. The van der Waals surface area contributed by atoms with Crippen LogP contribution in [-0.4, -0.2) is 22.5 Å². The average Bonchev–Trinajstić information content (AvgIpc) is 2.17. The molecule has 1 heterocycles. The van der Waals surface area contributed by atoms with Gasteiger partial charge < -0.3 is 5.11 Å². The number of pyridine rings is 1.